The first kappa shape index (κ1) is 16.4. The van der Waals surface area contributed by atoms with Crippen molar-refractivity contribution in [3.63, 3.8) is 0 Å². The first-order valence-corrected chi connectivity index (χ1v) is 6.91. The topological polar surface area (TPSA) is 65.0 Å². The van der Waals surface area contributed by atoms with Crippen molar-refractivity contribution in [2.24, 2.45) is 0 Å². The van der Waals surface area contributed by atoms with Gasteiger partial charge in [-0.2, -0.15) is 0 Å². The molecule has 0 spiro atoms. The van der Waals surface area contributed by atoms with E-state index in [1.54, 1.807) is 55.7 Å². The Labute approximate surface area is 134 Å². The quantitative estimate of drug-likeness (QED) is 0.654. The summed E-state index contributed by atoms with van der Waals surface area (Å²) in [6.45, 7) is 0. The molecule has 0 aliphatic rings. The molecule has 2 rings (SSSR count). The number of carboxylic acids is 1. The van der Waals surface area contributed by atoms with Crippen LogP contribution >= 0.6 is 0 Å². The summed E-state index contributed by atoms with van der Waals surface area (Å²) >= 11 is 0. The van der Waals surface area contributed by atoms with E-state index >= 15 is 0 Å². The molecular formula is C18H18O5. The van der Waals surface area contributed by atoms with Crippen molar-refractivity contribution < 1.29 is 24.1 Å². The summed E-state index contributed by atoms with van der Waals surface area (Å²) in [6.07, 6.45) is 1.55. The second-order valence-electron chi connectivity index (χ2n) is 4.67. The molecule has 2 aromatic rings. The second-order valence-corrected chi connectivity index (χ2v) is 4.67. The lowest BCUT2D eigenvalue weighted by Gasteiger charge is -2.11. The lowest BCUT2D eigenvalue weighted by molar-refractivity contribution is -0.130. The molecule has 1 N–H and O–H groups in total. The smallest absolute Gasteiger partial charge is 0.336 e. The Balaban J connectivity index is 2.58. The fourth-order valence-corrected chi connectivity index (χ4v) is 2.22. The number of benzene rings is 2. The van der Waals surface area contributed by atoms with Crippen LogP contribution < -0.4 is 14.2 Å². The van der Waals surface area contributed by atoms with Crippen molar-refractivity contribution in [2.45, 2.75) is 0 Å². The Morgan fingerprint density at radius 2 is 1.65 bits per heavy atom. The van der Waals surface area contributed by atoms with E-state index < -0.39 is 5.97 Å². The van der Waals surface area contributed by atoms with Crippen LogP contribution in [0.1, 0.15) is 11.1 Å². The zero-order valence-corrected chi connectivity index (χ0v) is 13.2. The van der Waals surface area contributed by atoms with Gasteiger partial charge in [0.2, 0.25) is 0 Å². The van der Waals surface area contributed by atoms with Crippen LogP contribution in [0.4, 0.5) is 0 Å². The van der Waals surface area contributed by atoms with Crippen molar-refractivity contribution in [1.29, 1.82) is 0 Å². The average Bonchev–Trinajstić information content (AvgIpc) is 2.59. The van der Waals surface area contributed by atoms with Gasteiger partial charge in [0.05, 0.1) is 26.9 Å². The number of hydrogen-bond acceptors (Lipinski definition) is 4. The largest absolute Gasteiger partial charge is 0.497 e. The number of carbonyl (C=O) groups is 1. The molecule has 23 heavy (non-hydrogen) atoms. The van der Waals surface area contributed by atoms with Crippen LogP contribution in [0.15, 0.2) is 42.5 Å². The van der Waals surface area contributed by atoms with Crippen LogP contribution in [0.3, 0.4) is 0 Å². The van der Waals surface area contributed by atoms with Crippen molar-refractivity contribution >= 4 is 17.6 Å². The van der Waals surface area contributed by atoms with Crippen molar-refractivity contribution in [3.8, 4) is 17.2 Å². The molecule has 0 amide bonds. The van der Waals surface area contributed by atoms with Crippen LogP contribution in [-0.2, 0) is 4.79 Å². The normalized spacial score (nSPS) is 11.0. The van der Waals surface area contributed by atoms with E-state index in [0.29, 0.717) is 28.4 Å². The Morgan fingerprint density at radius 1 is 0.957 bits per heavy atom. The predicted octanol–water partition coefficient (Wildman–Crippen LogP) is 3.34. The van der Waals surface area contributed by atoms with Gasteiger partial charge in [0, 0.05) is 17.2 Å². The number of ether oxygens (including phenoxy) is 3. The lowest BCUT2D eigenvalue weighted by Crippen LogP contribution is -2.02. The van der Waals surface area contributed by atoms with Gasteiger partial charge in [-0.3, -0.25) is 0 Å². The molecule has 0 saturated heterocycles. The molecule has 0 atom stereocenters. The summed E-state index contributed by atoms with van der Waals surface area (Å²) in [7, 11) is 4.59. The molecule has 0 bridgehead atoms. The van der Waals surface area contributed by atoms with E-state index in [2.05, 4.69) is 0 Å². The third-order valence-electron chi connectivity index (χ3n) is 3.37. The van der Waals surface area contributed by atoms with Gasteiger partial charge in [-0.15, -0.1) is 0 Å². The number of hydrogen-bond donors (Lipinski definition) is 1. The number of aliphatic carboxylic acids is 1. The molecule has 0 aromatic heterocycles. The summed E-state index contributed by atoms with van der Waals surface area (Å²) in [6, 6.07) is 12.2. The molecule has 2 aromatic carbocycles. The van der Waals surface area contributed by atoms with Gasteiger partial charge in [-0.1, -0.05) is 18.2 Å². The Bertz CT molecular complexity index is 734. The molecular weight excluding hydrogens is 296 g/mol. The van der Waals surface area contributed by atoms with E-state index in [1.807, 2.05) is 0 Å². The molecule has 0 heterocycles. The van der Waals surface area contributed by atoms with Gasteiger partial charge in [-0.05, 0) is 24.3 Å². The molecule has 5 heteroatoms. The van der Waals surface area contributed by atoms with Gasteiger partial charge in [0.15, 0.2) is 0 Å². The highest BCUT2D eigenvalue weighted by atomic mass is 16.5. The highest BCUT2D eigenvalue weighted by molar-refractivity contribution is 6.21. The van der Waals surface area contributed by atoms with Crippen molar-refractivity contribution in [3.05, 3.63) is 53.6 Å². The highest BCUT2D eigenvalue weighted by Crippen LogP contribution is 2.31. The zero-order valence-electron chi connectivity index (χ0n) is 13.2. The van der Waals surface area contributed by atoms with Gasteiger partial charge in [-0.25, -0.2) is 4.79 Å². The molecule has 0 radical (unpaired) electrons. The number of para-hydroxylation sites is 1. The van der Waals surface area contributed by atoms with E-state index in [0.717, 1.165) is 0 Å². The monoisotopic (exact) mass is 314 g/mol. The second kappa shape index (κ2) is 7.35. The van der Waals surface area contributed by atoms with Crippen LogP contribution in [-0.4, -0.2) is 32.4 Å². The Kier molecular flexibility index (Phi) is 5.25. The summed E-state index contributed by atoms with van der Waals surface area (Å²) in [5.74, 6) is 0.604. The number of carboxylic acid groups (broad SMARTS) is 1. The van der Waals surface area contributed by atoms with Crippen LogP contribution in [0, 0.1) is 0 Å². The lowest BCUT2D eigenvalue weighted by atomic mass is 10.0. The van der Waals surface area contributed by atoms with Crippen molar-refractivity contribution in [2.75, 3.05) is 21.3 Å². The average molecular weight is 314 g/mol. The van der Waals surface area contributed by atoms with Crippen LogP contribution in [0.5, 0.6) is 17.2 Å². The molecule has 0 unspecified atom stereocenters. The number of methoxy groups -OCH3 is 3. The van der Waals surface area contributed by atoms with Crippen molar-refractivity contribution in [1.82, 2.24) is 0 Å². The Morgan fingerprint density at radius 3 is 2.26 bits per heavy atom. The number of rotatable bonds is 6. The highest BCUT2D eigenvalue weighted by Gasteiger charge is 2.16. The van der Waals surface area contributed by atoms with E-state index in [9.17, 15) is 9.90 Å². The van der Waals surface area contributed by atoms with Gasteiger partial charge >= 0.3 is 5.97 Å². The van der Waals surface area contributed by atoms with Gasteiger partial charge in [0.1, 0.15) is 17.2 Å². The maximum Gasteiger partial charge on any atom is 0.336 e. The minimum absolute atomic E-state index is 0.117. The molecule has 0 saturated carbocycles. The fraction of sp³-hybridized carbons (Fsp3) is 0.167. The van der Waals surface area contributed by atoms with E-state index in [-0.39, 0.29) is 5.57 Å². The van der Waals surface area contributed by atoms with Crippen LogP contribution in [0.2, 0.25) is 0 Å². The third kappa shape index (κ3) is 3.63. The molecule has 5 nitrogen and oxygen atoms in total. The van der Waals surface area contributed by atoms with E-state index in [1.165, 1.54) is 14.2 Å². The minimum Gasteiger partial charge on any atom is -0.497 e. The molecule has 0 fully saturated rings. The fourth-order valence-electron chi connectivity index (χ4n) is 2.22. The maximum absolute atomic E-state index is 11.7. The summed E-state index contributed by atoms with van der Waals surface area (Å²) in [5, 5.41) is 9.58. The molecule has 120 valence electrons. The SMILES string of the molecule is COc1ccc(/C=C(\C(=O)O)c2ccccc2OC)c(OC)c1. The van der Waals surface area contributed by atoms with Gasteiger partial charge in [0.25, 0.3) is 0 Å². The first-order valence-electron chi connectivity index (χ1n) is 6.91. The standard InChI is InChI=1S/C18H18O5/c1-21-13-9-8-12(17(11-13)23-3)10-15(18(19)20)14-6-4-5-7-16(14)22-2/h4-11H,1-3H3,(H,19,20)/b15-10-. The third-order valence-corrected chi connectivity index (χ3v) is 3.37. The summed E-state index contributed by atoms with van der Waals surface area (Å²) < 4.78 is 15.7. The Hall–Kier alpha value is -2.95. The zero-order chi connectivity index (χ0) is 16.8. The van der Waals surface area contributed by atoms with E-state index in [4.69, 9.17) is 14.2 Å². The summed E-state index contributed by atoms with van der Waals surface area (Å²) in [4.78, 5) is 11.7. The molecule has 0 aliphatic carbocycles. The van der Waals surface area contributed by atoms with Crippen LogP contribution in [0.25, 0.3) is 11.6 Å². The predicted molar refractivity (Wildman–Crippen MR) is 88.0 cm³/mol. The summed E-state index contributed by atoms with van der Waals surface area (Å²) in [5.41, 5.74) is 1.25. The maximum atomic E-state index is 11.7. The minimum atomic E-state index is -1.05. The molecule has 0 aliphatic heterocycles. The van der Waals surface area contributed by atoms with Gasteiger partial charge < -0.3 is 19.3 Å². The first-order chi connectivity index (χ1) is 11.1.